The van der Waals surface area contributed by atoms with Crippen molar-refractivity contribution in [3.05, 3.63) is 131 Å². The fraction of sp³-hybridized carbons (Fsp3) is 0.229. The molecule has 41 heavy (non-hydrogen) atoms. The van der Waals surface area contributed by atoms with Gasteiger partial charge in [0.1, 0.15) is 37.1 Å². The molecule has 0 saturated heterocycles. The van der Waals surface area contributed by atoms with Crippen LogP contribution in [0, 0.1) is 0 Å². The van der Waals surface area contributed by atoms with Gasteiger partial charge < -0.3 is 24.1 Å². The summed E-state index contributed by atoms with van der Waals surface area (Å²) >= 11 is 0. The molecular formula is C35H36O6. The lowest BCUT2D eigenvalue weighted by Gasteiger charge is -2.14. The minimum atomic E-state index is -0.962. The standard InChI is InChI=1S/C35H36O6/c1-3-38-34(35(36)37)20-27-14-16-31(17-15-27)39-19-18-26(2)30-21-32(40-24-28-10-6-4-7-11-28)23-33(22-30)41-25-29-12-8-5-9-13-29/h4-18,21-23,34H,3,19-20,24-25H2,1-2H3,(H,36,37)/b26-18+. The lowest BCUT2D eigenvalue weighted by molar-refractivity contribution is -0.149. The largest absolute Gasteiger partial charge is 0.490 e. The quantitative estimate of drug-likeness (QED) is 0.166. The van der Waals surface area contributed by atoms with Crippen LogP contribution in [0.3, 0.4) is 0 Å². The van der Waals surface area contributed by atoms with Gasteiger partial charge >= 0.3 is 5.97 Å². The number of carboxylic acids is 1. The first-order valence-corrected chi connectivity index (χ1v) is 13.7. The van der Waals surface area contributed by atoms with Gasteiger partial charge in [0.25, 0.3) is 0 Å². The highest BCUT2D eigenvalue weighted by Crippen LogP contribution is 2.29. The van der Waals surface area contributed by atoms with Crippen LogP contribution in [-0.2, 0) is 29.2 Å². The fourth-order valence-corrected chi connectivity index (χ4v) is 4.18. The maximum Gasteiger partial charge on any atom is 0.333 e. The first-order chi connectivity index (χ1) is 20.0. The van der Waals surface area contributed by atoms with E-state index in [0.29, 0.717) is 38.6 Å². The molecule has 0 aromatic heterocycles. The van der Waals surface area contributed by atoms with E-state index in [4.69, 9.17) is 18.9 Å². The van der Waals surface area contributed by atoms with Crippen molar-refractivity contribution in [3.63, 3.8) is 0 Å². The molecule has 0 saturated carbocycles. The van der Waals surface area contributed by atoms with Gasteiger partial charge in [-0.25, -0.2) is 4.79 Å². The van der Waals surface area contributed by atoms with Crippen LogP contribution in [0.5, 0.6) is 17.2 Å². The number of carboxylic acid groups (broad SMARTS) is 1. The molecule has 4 aromatic carbocycles. The van der Waals surface area contributed by atoms with Crippen LogP contribution in [0.1, 0.15) is 36.1 Å². The number of carbonyl (C=O) groups is 1. The summed E-state index contributed by atoms with van der Waals surface area (Å²) in [6.45, 7) is 5.46. The average molecular weight is 553 g/mol. The molecule has 0 fully saturated rings. The second-order valence-electron chi connectivity index (χ2n) is 9.57. The summed E-state index contributed by atoms with van der Waals surface area (Å²) in [5, 5.41) is 9.31. The van der Waals surface area contributed by atoms with Crippen LogP contribution in [0.2, 0.25) is 0 Å². The van der Waals surface area contributed by atoms with Gasteiger partial charge in [-0.1, -0.05) is 72.8 Å². The Kier molecular flexibility index (Phi) is 11.0. The summed E-state index contributed by atoms with van der Waals surface area (Å²) < 4.78 is 23.5. The van der Waals surface area contributed by atoms with Gasteiger partial charge in [0.2, 0.25) is 0 Å². The van der Waals surface area contributed by atoms with E-state index in [1.165, 1.54) is 0 Å². The number of rotatable bonds is 15. The molecule has 4 aromatic rings. The average Bonchev–Trinajstić information content (AvgIpc) is 3.00. The highest BCUT2D eigenvalue weighted by molar-refractivity contribution is 5.72. The Labute approximate surface area is 241 Å². The Morgan fingerprint density at radius 1 is 0.732 bits per heavy atom. The van der Waals surface area contributed by atoms with Gasteiger partial charge in [0.05, 0.1) is 0 Å². The number of hydrogen-bond donors (Lipinski definition) is 1. The number of benzene rings is 4. The third-order valence-electron chi connectivity index (χ3n) is 6.46. The zero-order valence-electron chi connectivity index (χ0n) is 23.5. The maximum atomic E-state index is 11.4. The van der Waals surface area contributed by atoms with Gasteiger partial charge in [-0.05, 0) is 72.0 Å². The van der Waals surface area contributed by atoms with Crippen molar-refractivity contribution in [2.45, 2.75) is 39.6 Å². The molecule has 0 aliphatic heterocycles. The van der Waals surface area contributed by atoms with E-state index in [2.05, 4.69) is 0 Å². The number of allylic oxidation sites excluding steroid dienone is 1. The third kappa shape index (κ3) is 9.55. The summed E-state index contributed by atoms with van der Waals surface area (Å²) in [6.07, 6.45) is 1.46. The van der Waals surface area contributed by atoms with E-state index in [9.17, 15) is 9.90 Å². The maximum absolute atomic E-state index is 11.4. The Hall–Kier alpha value is -4.55. The summed E-state index contributed by atoms with van der Waals surface area (Å²) in [5.41, 5.74) is 5.06. The lowest BCUT2D eigenvalue weighted by Crippen LogP contribution is -2.26. The van der Waals surface area contributed by atoms with Crippen molar-refractivity contribution >= 4 is 11.5 Å². The molecule has 0 heterocycles. The number of hydrogen-bond acceptors (Lipinski definition) is 5. The molecule has 0 aliphatic rings. The molecule has 1 unspecified atom stereocenters. The highest BCUT2D eigenvalue weighted by atomic mass is 16.5. The van der Waals surface area contributed by atoms with Crippen LogP contribution in [0.15, 0.2) is 109 Å². The molecule has 0 aliphatic carbocycles. The zero-order valence-corrected chi connectivity index (χ0v) is 23.5. The zero-order chi connectivity index (χ0) is 28.9. The van der Waals surface area contributed by atoms with Crippen molar-refractivity contribution in [1.29, 1.82) is 0 Å². The summed E-state index contributed by atoms with van der Waals surface area (Å²) in [4.78, 5) is 11.4. The molecule has 0 spiro atoms. The molecule has 4 rings (SSSR count). The SMILES string of the molecule is CCOC(Cc1ccc(OC/C=C(\C)c2cc(OCc3ccccc3)cc(OCc3ccccc3)c2)cc1)C(=O)O. The van der Waals surface area contributed by atoms with Gasteiger partial charge in [-0.15, -0.1) is 0 Å². The number of ether oxygens (including phenoxy) is 4. The van der Waals surface area contributed by atoms with E-state index in [0.717, 1.165) is 39.3 Å². The molecule has 0 amide bonds. The molecule has 212 valence electrons. The van der Waals surface area contributed by atoms with Crippen molar-refractivity contribution in [2.75, 3.05) is 13.2 Å². The van der Waals surface area contributed by atoms with Crippen molar-refractivity contribution in [3.8, 4) is 17.2 Å². The van der Waals surface area contributed by atoms with Crippen LogP contribution < -0.4 is 14.2 Å². The minimum Gasteiger partial charge on any atom is -0.490 e. The molecule has 0 radical (unpaired) electrons. The Morgan fingerprint density at radius 2 is 1.29 bits per heavy atom. The molecule has 1 atom stereocenters. The van der Waals surface area contributed by atoms with E-state index >= 15 is 0 Å². The van der Waals surface area contributed by atoms with E-state index in [-0.39, 0.29) is 0 Å². The van der Waals surface area contributed by atoms with E-state index in [1.54, 1.807) is 6.92 Å². The van der Waals surface area contributed by atoms with Crippen LogP contribution in [0.4, 0.5) is 0 Å². The first-order valence-electron chi connectivity index (χ1n) is 13.7. The van der Waals surface area contributed by atoms with Crippen LogP contribution in [0.25, 0.3) is 5.57 Å². The topological polar surface area (TPSA) is 74.2 Å². The molecule has 6 nitrogen and oxygen atoms in total. The Bertz CT molecular complexity index is 1340. The molecule has 1 N–H and O–H groups in total. The van der Waals surface area contributed by atoms with Crippen molar-refractivity contribution in [1.82, 2.24) is 0 Å². The van der Waals surface area contributed by atoms with Gasteiger partial charge in [0, 0.05) is 19.1 Å². The van der Waals surface area contributed by atoms with Gasteiger partial charge in [-0.3, -0.25) is 0 Å². The molecular weight excluding hydrogens is 516 g/mol. The first kappa shape index (κ1) is 29.4. The minimum absolute atomic E-state index is 0.305. The molecule has 6 heteroatoms. The highest BCUT2D eigenvalue weighted by Gasteiger charge is 2.17. The second kappa shape index (κ2) is 15.3. The predicted octanol–water partition coefficient (Wildman–Crippen LogP) is 7.36. The Balaban J connectivity index is 1.41. The van der Waals surface area contributed by atoms with E-state index in [1.807, 2.05) is 116 Å². The van der Waals surface area contributed by atoms with E-state index < -0.39 is 12.1 Å². The third-order valence-corrected chi connectivity index (χ3v) is 6.46. The normalized spacial score (nSPS) is 12.0. The summed E-state index contributed by atoms with van der Waals surface area (Å²) in [6, 6.07) is 33.5. The number of aliphatic carboxylic acids is 1. The monoisotopic (exact) mass is 552 g/mol. The summed E-state index contributed by atoms with van der Waals surface area (Å²) in [5.74, 6) is 1.19. The van der Waals surface area contributed by atoms with Crippen molar-refractivity contribution < 1.29 is 28.8 Å². The van der Waals surface area contributed by atoms with Crippen molar-refractivity contribution in [2.24, 2.45) is 0 Å². The van der Waals surface area contributed by atoms with Crippen LogP contribution in [-0.4, -0.2) is 30.4 Å². The fourth-order valence-electron chi connectivity index (χ4n) is 4.18. The second-order valence-corrected chi connectivity index (χ2v) is 9.57. The van der Waals surface area contributed by atoms with Gasteiger partial charge in [0.15, 0.2) is 6.10 Å². The summed E-state index contributed by atoms with van der Waals surface area (Å²) in [7, 11) is 0. The lowest BCUT2D eigenvalue weighted by atomic mass is 10.1. The van der Waals surface area contributed by atoms with Crippen LogP contribution >= 0.6 is 0 Å². The Morgan fingerprint density at radius 3 is 1.80 bits per heavy atom. The predicted molar refractivity (Wildman–Crippen MR) is 160 cm³/mol. The smallest absolute Gasteiger partial charge is 0.333 e. The van der Waals surface area contributed by atoms with Gasteiger partial charge in [-0.2, -0.15) is 0 Å². The molecule has 0 bridgehead atoms.